The Kier molecular flexibility index (Phi) is 14.7. The predicted octanol–water partition coefficient (Wildman–Crippen LogP) is 3.13. The zero-order valence-corrected chi connectivity index (χ0v) is 15.0. The van der Waals surface area contributed by atoms with Crippen molar-refractivity contribution >= 4 is 5.97 Å². The third-order valence-corrected chi connectivity index (χ3v) is 3.59. The highest BCUT2D eigenvalue weighted by Crippen LogP contribution is 2.07. The van der Waals surface area contributed by atoms with Gasteiger partial charge >= 0.3 is 5.97 Å². The Hall–Kier alpha value is -1.69. The number of carbonyl (C=O) groups is 1. The van der Waals surface area contributed by atoms with Crippen LogP contribution in [0.25, 0.3) is 0 Å². The molecule has 0 rings (SSSR count). The van der Waals surface area contributed by atoms with Gasteiger partial charge < -0.3 is 20.4 Å². The molecule has 0 heterocycles. The van der Waals surface area contributed by atoms with Crippen molar-refractivity contribution in [2.45, 2.75) is 70.2 Å². The van der Waals surface area contributed by atoms with E-state index >= 15 is 0 Å². The molecule has 25 heavy (non-hydrogen) atoms. The predicted molar refractivity (Wildman–Crippen MR) is 100 cm³/mol. The molecule has 0 spiro atoms. The van der Waals surface area contributed by atoms with Crippen molar-refractivity contribution in [2.75, 3.05) is 0 Å². The molecule has 142 valence electrons. The molecule has 0 bridgehead atoms. The second-order valence-electron chi connectivity index (χ2n) is 5.95. The first-order valence-electron chi connectivity index (χ1n) is 8.91. The van der Waals surface area contributed by atoms with E-state index in [2.05, 4.69) is 6.92 Å². The summed E-state index contributed by atoms with van der Waals surface area (Å²) in [5.41, 5.74) is 0. The summed E-state index contributed by atoms with van der Waals surface area (Å²) in [5.74, 6) is -0.854. The van der Waals surface area contributed by atoms with Gasteiger partial charge in [-0.2, -0.15) is 0 Å². The Morgan fingerprint density at radius 3 is 2.04 bits per heavy atom. The van der Waals surface area contributed by atoms with Gasteiger partial charge in [0.25, 0.3) is 0 Å². The molecule has 4 N–H and O–H groups in total. The van der Waals surface area contributed by atoms with Gasteiger partial charge in [0.1, 0.15) is 0 Å². The minimum Gasteiger partial charge on any atom is -0.481 e. The van der Waals surface area contributed by atoms with Crippen LogP contribution in [0, 0.1) is 0 Å². The number of hydrogen-bond acceptors (Lipinski definition) is 4. The molecule has 0 unspecified atom stereocenters. The van der Waals surface area contributed by atoms with Gasteiger partial charge in [-0.15, -0.1) is 0 Å². The fourth-order valence-electron chi connectivity index (χ4n) is 2.09. The quantitative estimate of drug-likeness (QED) is 0.284. The minimum atomic E-state index is -0.855. The van der Waals surface area contributed by atoms with E-state index in [-0.39, 0.29) is 6.42 Å². The van der Waals surface area contributed by atoms with E-state index in [0.717, 1.165) is 19.3 Å². The van der Waals surface area contributed by atoms with Gasteiger partial charge in [-0.3, -0.25) is 4.79 Å². The van der Waals surface area contributed by atoms with Gasteiger partial charge in [0.2, 0.25) is 0 Å². The van der Waals surface area contributed by atoms with E-state index in [9.17, 15) is 20.1 Å². The van der Waals surface area contributed by atoms with Crippen LogP contribution in [0.2, 0.25) is 0 Å². The Morgan fingerprint density at radius 2 is 1.44 bits per heavy atom. The Balaban J connectivity index is 3.96. The lowest BCUT2D eigenvalue weighted by molar-refractivity contribution is -0.137. The SMILES string of the molecule is CCCCC[C@H](O)[C@H](O)/C=C/C=C\C=CC=C[C@@H](O)CCCC(=O)O. The van der Waals surface area contributed by atoms with Crippen molar-refractivity contribution < 1.29 is 25.2 Å². The molecule has 3 atom stereocenters. The molecule has 0 saturated carbocycles. The molecule has 0 radical (unpaired) electrons. The third kappa shape index (κ3) is 15.6. The van der Waals surface area contributed by atoms with Crippen LogP contribution in [0.3, 0.4) is 0 Å². The van der Waals surface area contributed by atoms with Crippen molar-refractivity contribution in [1.29, 1.82) is 0 Å². The maximum Gasteiger partial charge on any atom is 0.303 e. The standard InChI is InChI=1S/C20H32O5/c1-2-3-8-14-18(22)19(23)15-10-7-5-4-6-9-12-17(21)13-11-16-20(24)25/h4-7,9-10,12,15,17-19,21-23H,2-3,8,11,13-14,16H2,1H3,(H,24,25)/b6-4?,7-5-,12-9?,15-10+/t17-,18+,19-/m1/s1. The molecule has 0 aliphatic carbocycles. The Labute approximate surface area is 150 Å². The van der Waals surface area contributed by atoms with E-state index in [1.54, 1.807) is 48.6 Å². The van der Waals surface area contributed by atoms with Crippen molar-refractivity contribution in [1.82, 2.24) is 0 Å². The highest BCUT2D eigenvalue weighted by atomic mass is 16.4. The molecule has 0 aromatic heterocycles. The number of rotatable bonds is 14. The van der Waals surface area contributed by atoms with Crippen LogP contribution in [-0.2, 0) is 4.79 Å². The second-order valence-corrected chi connectivity index (χ2v) is 5.95. The van der Waals surface area contributed by atoms with Crippen LogP contribution >= 0.6 is 0 Å². The zero-order valence-electron chi connectivity index (χ0n) is 15.0. The summed E-state index contributed by atoms with van der Waals surface area (Å²) in [4.78, 5) is 10.4. The maximum atomic E-state index is 10.4. The summed E-state index contributed by atoms with van der Waals surface area (Å²) in [6, 6.07) is 0. The van der Waals surface area contributed by atoms with Crippen molar-refractivity contribution in [3.8, 4) is 0 Å². The van der Waals surface area contributed by atoms with Crippen LogP contribution in [-0.4, -0.2) is 44.7 Å². The summed E-state index contributed by atoms with van der Waals surface area (Å²) >= 11 is 0. The number of hydrogen-bond donors (Lipinski definition) is 4. The van der Waals surface area contributed by atoms with E-state index in [0.29, 0.717) is 19.3 Å². The number of aliphatic hydroxyl groups is 3. The smallest absolute Gasteiger partial charge is 0.303 e. The number of aliphatic hydroxyl groups excluding tert-OH is 3. The number of unbranched alkanes of at least 4 members (excludes halogenated alkanes) is 2. The largest absolute Gasteiger partial charge is 0.481 e. The number of allylic oxidation sites excluding steroid dienone is 6. The highest BCUT2D eigenvalue weighted by Gasteiger charge is 2.11. The summed E-state index contributed by atoms with van der Waals surface area (Å²) in [6.45, 7) is 2.09. The number of carboxylic acid groups (broad SMARTS) is 1. The fraction of sp³-hybridized carbons (Fsp3) is 0.550. The first-order valence-corrected chi connectivity index (χ1v) is 8.91. The monoisotopic (exact) mass is 352 g/mol. The Bertz CT molecular complexity index is 451. The van der Waals surface area contributed by atoms with Gasteiger partial charge in [-0.1, -0.05) is 74.8 Å². The summed E-state index contributed by atoms with van der Waals surface area (Å²) in [7, 11) is 0. The molecular weight excluding hydrogens is 320 g/mol. The van der Waals surface area contributed by atoms with Crippen molar-refractivity contribution in [3.63, 3.8) is 0 Å². The third-order valence-electron chi connectivity index (χ3n) is 3.59. The minimum absolute atomic E-state index is 0.0644. The maximum absolute atomic E-state index is 10.4. The van der Waals surface area contributed by atoms with Crippen molar-refractivity contribution in [3.05, 3.63) is 48.6 Å². The van der Waals surface area contributed by atoms with Gasteiger partial charge in [0.05, 0.1) is 18.3 Å². The first kappa shape index (κ1) is 23.3. The van der Waals surface area contributed by atoms with Gasteiger partial charge in [-0.05, 0) is 19.3 Å². The van der Waals surface area contributed by atoms with Crippen LogP contribution in [0.15, 0.2) is 48.6 Å². The van der Waals surface area contributed by atoms with Crippen LogP contribution < -0.4 is 0 Å². The Morgan fingerprint density at radius 1 is 0.840 bits per heavy atom. The van der Waals surface area contributed by atoms with E-state index < -0.39 is 24.3 Å². The average molecular weight is 352 g/mol. The average Bonchev–Trinajstić information content (AvgIpc) is 2.56. The number of carboxylic acids is 1. The lowest BCUT2D eigenvalue weighted by Crippen LogP contribution is -2.23. The van der Waals surface area contributed by atoms with Crippen LogP contribution in [0.5, 0.6) is 0 Å². The zero-order chi connectivity index (χ0) is 18.9. The first-order chi connectivity index (χ1) is 12.0. The molecule has 0 aromatic carbocycles. The van der Waals surface area contributed by atoms with E-state index in [1.807, 2.05) is 0 Å². The molecular formula is C20H32O5. The second kappa shape index (κ2) is 15.8. The molecule has 5 nitrogen and oxygen atoms in total. The van der Waals surface area contributed by atoms with Gasteiger partial charge in [-0.25, -0.2) is 0 Å². The molecule has 5 heteroatoms. The van der Waals surface area contributed by atoms with Gasteiger partial charge in [0.15, 0.2) is 0 Å². The normalized spacial score (nSPS) is 16.3. The highest BCUT2D eigenvalue weighted by molar-refractivity contribution is 5.66. The molecule has 0 aliphatic heterocycles. The molecule has 0 fully saturated rings. The summed E-state index contributed by atoms with van der Waals surface area (Å²) < 4.78 is 0. The molecule has 0 aliphatic rings. The topological polar surface area (TPSA) is 98.0 Å². The lowest BCUT2D eigenvalue weighted by atomic mass is 10.1. The lowest BCUT2D eigenvalue weighted by Gasteiger charge is -2.13. The van der Waals surface area contributed by atoms with Gasteiger partial charge in [0, 0.05) is 6.42 Å². The number of aliphatic carboxylic acids is 1. The van der Waals surface area contributed by atoms with Crippen LogP contribution in [0.1, 0.15) is 51.9 Å². The fourth-order valence-corrected chi connectivity index (χ4v) is 2.09. The van der Waals surface area contributed by atoms with E-state index in [1.165, 1.54) is 0 Å². The molecule has 0 amide bonds. The molecule has 0 aromatic rings. The summed E-state index contributed by atoms with van der Waals surface area (Å²) in [6.07, 6.45) is 16.0. The van der Waals surface area contributed by atoms with Crippen LogP contribution in [0.4, 0.5) is 0 Å². The van der Waals surface area contributed by atoms with E-state index in [4.69, 9.17) is 5.11 Å². The van der Waals surface area contributed by atoms with Crippen molar-refractivity contribution in [2.24, 2.45) is 0 Å². The summed E-state index contributed by atoms with van der Waals surface area (Å²) in [5, 5.41) is 37.6. The molecule has 0 saturated heterocycles.